The van der Waals surface area contributed by atoms with Gasteiger partial charge in [-0.15, -0.1) is 0 Å². The molecule has 4 aromatic rings. The number of anilines is 1. The average molecular weight is 644 g/mol. The second-order valence-electron chi connectivity index (χ2n) is 11.9. The van der Waals surface area contributed by atoms with E-state index in [0.717, 1.165) is 47.7 Å². The number of nitrogens with one attached hydrogen (secondary N) is 3. The Kier molecular flexibility index (Phi) is 9.42. The number of fused-ring (bicyclic) bond motifs is 1. The molecule has 0 spiro atoms. The van der Waals surface area contributed by atoms with Gasteiger partial charge in [-0.2, -0.15) is 0 Å². The molecule has 1 atom stereocenters. The van der Waals surface area contributed by atoms with Crippen LogP contribution in [-0.2, 0) is 14.8 Å². The maximum atomic E-state index is 13.2. The van der Waals surface area contributed by atoms with E-state index in [0.29, 0.717) is 11.4 Å². The van der Waals surface area contributed by atoms with Gasteiger partial charge in [0.1, 0.15) is 22.4 Å². The molecule has 1 heterocycles. The second kappa shape index (κ2) is 13.3. The summed E-state index contributed by atoms with van der Waals surface area (Å²) in [6.45, 7) is 4.96. The number of benzene rings is 3. The van der Waals surface area contributed by atoms with Gasteiger partial charge in [0.25, 0.3) is 15.9 Å². The minimum absolute atomic E-state index is 0.0428. The number of ether oxygens (including phenoxy) is 2. The summed E-state index contributed by atoms with van der Waals surface area (Å²) >= 11 is 0. The molecule has 46 heavy (non-hydrogen) atoms. The van der Waals surface area contributed by atoms with Crippen molar-refractivity contribution in [3.8, 4) is 17.6 Å². The van der Waals surface area contributed by atoms with Gasteiger partial charge in [0.2, 0.25) is 0 Å². The van der Waals surface area contributed by atoms with Crippen LogP contribution in [0.1, 0.15) is 79.4 Å². The van der Waals surface area contributed by atoms with Crippen molar-refractivity contribution in [1.29, 1.82) is 0 Å². The van der Waals surface area contributed by atoms with Crippen LogP contribution in [0.4, 0.5) is 10.5 Å². The number of sulfonamides is 1. The molecule has 10 nitrogen and oxygen atoms in total. The predicted octanol–water partition coefficient (Wildman–Crippen LogP) is 6.06. The zero-order valence-electron chi connectivity index (χ0n) is 26.1. The molecule has 1 saturated carbocycles. The molecule has 0 saturated heterocycles. The van der Waals surface area contributed by atoms with Gasteiger partial charge in [0.15, 0.2) is 0 Å². The summed E-state index contributed by atoms with van der Waals surface area (Å²) < 4.78 is 39.8. The molecule has 1 aromatic heterocycles. The summed E-state index contributed by atoms with van der Waals surface area (Å²) in [4.78, 5) is 28.7. The first-order chi connectivity index (χ1) is 21.8. The molecule has 5 rings (SSSR count). The van der Waals surface area contributed by atoms with E-state index < -0.39 is 27.6 Å². The van der Waals surface area contributed by atoms with Crippen molar-refractivity contribution in [3.05, 3.63) is 89.1 Å². The van der Waals surface area contributed by atoms with Crippen molar-refractivity contribution in [2.75, 3.05) is 12.4 Å². The van der Waals surface area contributed by atoms with Gasteiger partial charge in [-0.25, -0.2) is 17.9 Å². The summed E-state index contributed by atoms with van der Waals surface area (Å²) in [7, 11) is -2.82. The van der Waals surface area contributed by atoms with Gasteiger partial charge in [-0.1, -0.05) is 37.0 Å². The molecule has 4 N–H and O–H groups in total. The van der Waals surface area contributed by atoms with Crippen molar-refractivity contribution in [3.63, 3.8) is 0 Å². The number of aromatic amines is 1. The van der Waals surface area contributed by atoms with E-state index in [1.165, 1.54) is 45.2 Å². The number of methoxy groups -OCH3 is 1. The fourth-order valence-electron chi connectivity index (χ4n) is 5.52. The van der Waals surface area contributed by atoms with Crippen LogP contribution in [0.25, 0.3) is 10.9 Å². The zero-order valence-corrected chi connectivity index (χ0v) is 27.0. The third-order valence-corrected chi connectivity index (χ3v) is 9.26. The molecule has 11 heteroatoms. The lowest BCUT2D eigenvalue weighted by atomic mass is 9.91. The summed E-state index contributed by atoms with van der Waals surface area (Å²) in [5, 5.41) is 13.7. The quantitative estimate of drug-likeness (QED) is 0.171. The number of aromatic nitrogens is 1. The Morgan fingerprint density at radius 1 is 1.04 bits per heavy atom. The van der Waals surface area contributed by atoms with Crippen molar-refractivity contribution >= 4 is 38.6 Å². The Bertz CT molecular complexity index is 1940. The van der Waals surface area contributed by atoms with Gasteiger partial charge >= 0.3 is 6.09 Å². The fourth-order valence-corrected chi connectivity index (χ4v) is 6.66. The molecular formula is C35H37N3O7S. The van der Waals surface area contributed by atoms with Crippen LogP contribution in [0.3, 0.4) is 0 Å². The van der Waals surface area contributed by atoms with Crippen LogP contribution < -0.4 is 14.8 Å². The highest BCUT2D eigenvalue weighted by Crippen LogP contribution is 2.37. The topological polar surface area (TPSA) is 147 Å². The third kappa shape index (κ3) is 7.53. The molecule has 0 bridgehead atoms. The maximum Gasteiger partial charge on any atom is 0.411 e. The molecule has 1 unspecified atom stereocenters. The van der Waals surface area contributed by atoms with Gasteiger partial charge in [0, 0.05) is 45.4 Å². The van der Waals surface area contributed by atoms with Crippen molar-refractivity contribution < 1.29 is 32.6 Å². The Hall–Kier alpha value is -4.79. The van der Waals surface area contributed by atoms with E-state index in [-0.39, 0.29) is 28.0 Å². The number of carbonyl (C=O) groups excluding carboxylic acids is 2. The first-order valence-electron chi connectivity index (χ1n) is 15.0. The zero-order chi connectivity index (χ0) is 33.1. The van der Waals surface area contributed by atoms with Crippen molar-refractivity contribution in [2.24, 2.45) is 0 Å². The largest absolute Gasteiger partial charge is 0.496 e. The SMILES string of the molecule is COc1cc(C(=O)NS(=O)(=O)c2ccccc2C#CC(C)(C)O)ccc1C(C)c1c[nH]c2ccc(NC(=O)OC3CCCC3)cc12. The van der Waals surface area contributed by atoms with Crippen LogP contribution >= 0.6 is 0 Å². The number of H-pyrrole nitrogens is 1. The van der Waals surface area contributed by atoms with Gasteiger partial charge in [-0.05, 0) is 87.6 Å². The highest BCUT2D eigenvalue weighted by molar-refractivity contribution is 7.90. The van der Waals surface area contributed by atoms with E-state index in [1.54, 1.807) is 18.2 Å². The average Bonchev–Trinajstić information content (AvgIpc) is 3.68. The van der Waals surface area contributed by atoms with E-state index in [4.69, 9.17) is 9.47 Å². The first kappa shape index (κ1) is 32.6. The number of aliphatic hydroxyl groups is 1. The van der Waals surface area contributed by atoms with Gasteiger partial charge < -0.3 is 19.6 Å². The summed E-state index contributed by atoms with van der Waals surface area (Å²) in [5.41, 5.74) is 2.10. The molecule has 0 aliphatic heterocycles. The Morgan fingerprint density at radius 2 is 1.78 bits per heavy atom. The van der Waals surface area contributed by atoms with Crippen LogP contribution in [-0.4, -0.2) is 49.3 Å². The standard InChI is InChI=1S/C35H37N3O7S/c1-22(29-21-36-30-16-14-25(20-28(29)30)37-34(40)45-26-10-6-7-11-26)27-15-13-24(19-31(27)44-4)33(39)38-46(42,43)32-12-8-5-9-23(32)17-18-35(2,3)41/h5,8-9,12-16,19-22,26,36,41H,6-7,10-11H2,1-4H3,(H,37,40)(H,38,39). The summed E-state index contributed by atoms with van der Waals surface area (Å²) in [6.07, 6.45) is 5.28. The molecule has 1 fully saturated rings. The lowest BCUT2D eigenvalue weighted by molar-refractivity contribution is 0.0980. The number of rotatable bonds is 8. The van der Waals surface area contributed by atoms with Crippen LogP contribution in [0.5, 0.6) is 5.75 Å². The molecule has 1 aliphatic carbocycles. The Morgan fingerprint density at radius 3 is 2.50 bits per heavy atom. The first-order valence-corrected chi connectivity index (χ1v) is 16.5. The monoisotopic (exact) mass is 643 g/mol. The van der Waals surface area contributed by atoms with Gasteiger partial charge in [0.05, 0.1) is 7.11 Å². The van der Waals surface area contributed by atoms with Crippen molar-refractivity contribution in [2.45, 2.75) is 69.0 Å². The summed E-state index contributed by atoms with van der Waals surface area (Å²) in [6, 6.07) is 16.3. The Labute approximate surface area is 268 Å². The predicted molar refractivity (Wildman–Crippen MR) is 175 cm³/mol. The molecular weight excluding hydrogens is 606 g/mol. The van der Waals surface area contributed by atoms with E-state index >= 15 is 0 Å². The summed E-state index contributed by atoms with van der Waals surface area (Å²) in [5.74, 6) is 4.64. The third-order valence-electron chi connectivity index (χ3n) is 7.87. The second-order valence-corrected chi connectivity index (χ2v) is 13.5. The fraction of sp³-hybridized carbons (Fsp3) is 0.314. The smallest absolute Gasteiger partial charge is 0.411 e. The number of hydrogen-bond donors (Lipinski definition) is 4. The van der Waals surface area contributed by atoms with Crippen LogP contribution in [0.15, 0.2) is 71.8 Å². The van der Waals surface area contributed by atoms with Crippen LogP contribution in [0, 0.1) is 11.8 Å². The number of amides is 2. The van der Waals surface area contributed by atoms with Crippen LogP contribution in [0.2, 0.25) is 0 Å². The molecule has 3 aromatic carbocycles. The van der Waals surface area contributed by atoms with E-state index in [1.807, 2.05) is 31.3 Å². The minimum atomic E-state index is -4.30. The minimum Gasteiger partial charge on any atom is -0.496 e. The molecule has 2 amide bonds. The highest BCUT2D eigenvalue weighted by atomic mass is 32.2. The number of carbonyl (C=O) groups is 2. The maximum absolute atomic E-state index is 13.2. The Balaban J connectivity index is 1.36. The molecule has 240 valence electrons. The molecule has 0 radical (unpaired) electrons. The van der Waals surface area contributed by atoms with Crippen molar-refractivity contribution in [1.82, 2.24) is 9.71 Å². The van der Waals surface area contributed by atoms with E-state index in [9.17, 15) is 23.1 Å². The lowest BCUT2D eigenvalue weighted by Gasteiger charge is -2.17. The number of hydrogen-bond acceptors (Lipinski definition) is 7. The molecule has 1 aliphatic rings. The highest BCUT2D eigenvalue weighted by Gasteiger charge is 2.24. The van der Waals surface area contributed by atoms with Gasteiger partial charge in [-0.3, -0.25) is 10.1 Å². The van der Waals surface area contributed by atoms with E-state index in [2.05, 4.69) is 26.9 Å². The normalized spacial score (nSPS) is 14.3. The lowest BCUT2D eigenvalue weighted by Crippen LogP contribution is -2.31.